The zero-order valence-corrected chi connectivity index (χ0v) is 14.3. The number of hydrogen-bond donors (Lipinski definition) is 1. The maximum absolute atomic E-state index is 11.7. The van der Waals surface area contributed by atoms with Gasteiger partial charge in [0.1, 0.15) is 4.90 Å². The van der Waals surface area contributed by atoms with Crippen LogP contribution in [0.25, 0.3) is 0 Å². The molecule has 0 aromatic heterocycles. The largest absolute Gasteiger partial charge is 0.419 e. The van der Waals surface area contributed by atoms with Crippen molar-refractivity contribution in [3.63, 3.8) is 0 Å². The first-order valence-corrected chi connectivity index (χ1v) is 9.16. The Morgan fingerprint density at radius 3 is 2.42 bits per heavy atom. The van der Waals surface area contributed by atoms with Crippen LogP contribution in [0.3, 0.4) is 0 Å². The molecule has 1 N–H and O–H groups in total. The first kappa shape index (κ1) is 20.0. The van der Waals surface area contributed by atoms with E-state index < -0.39 is 31.6 Å². The van der Waals surface area contributed by atoms with Gasteiger partial charge in [-0.3, -0.25) is 19.5 Å². The summed E-state index contributed by atoms with van der Waals surface area (Å²) in [6.45, 7) is 2.11. The SMILES string of the molecule is CCCCCCCCC(=O)Oc1ccc(S(=O)(=O)O)cc1[N+](=O)[O-]. The molecular formula is C15H21NO7S. The number of benzene rings is 1. The molecule has 0 heterocycles. The van der Waals surface area contributed by atoms with Crippen LogP contribution in [0, 0.1) is 10.1 Å². The summed E-state index contributed by atoms with van der Waals surface area (Å²) in [6.07, 6.45) is 6.03. The van der Waals surface area contributed by atoms with E-state index in [0.717, 1.165) is 44.2 Å². The number of carbonyl (C=O) groups is 1. The molecule has 24 heavy (non-hydrogen) atoms. The molecule has 0 saturated carbocycles. The molecule has 0 atom stereocenters. The predicted molar refractivity (Wildman–Crippen MR) is 86.5 cm³/mol. The fraction of sp³-hybridized carbons (Fsp3) is 0.533. The van der Waals surface area contributed by atoms with Crippen molar-refractivity contribution in [2.45, 2.75) is 56.8 Å². The van der Waals surface area contributed by atoms with Gasteiger partial charge in [0.05, 0.1) is 4.92 Å². The molecule has 0 unspecified atom stereocenters. The summed E-state index contributed by atoms with van der Waals surface area (Å²) in [5.74, 6) is -0.961. The van der Waals surface area contributed by atoms with E-state index in [1.165, 1.54) is 0 Å². The van der Waals surface area contributed by atoms with Crippen LogP contribution in [0.4, 0.5) is 5.69 Å². The van der Waals surface area contributed by atoms with Crippen molar-refractivity contribution < 1.29 is 27.4 Å². The van der Waals surface area contributed by atoms with E-state index in [2.05, 4.69) is 6.92 Å². The number of nitro benzene ring substituents is 1. The van der Waals surface area contributed by atoms with E-state index >= 15 is 0 Å². The summed E-state index contributed by atoms with van der Waals surface area (Å²) in [5, 5.41) is 11.0. The summed E-state index contributed by atoms with van der Waals surface area (Å²) in [6, 6.07) is 2.58. The van der Waals surface area contributed by atoms with Gasteiger partial charge in [-0.15, -0.1) is 0 Å². The van der Waals surface area contributed by atoms with Crippen LogP contribution in [-0.4, -0.2) is 23.9 Å². The van der Waals surface area contributed by atoms with Gasteiger partial charge in [-0.25, -0.2) is 0 Å². The Morgan fingerprint density at radius 1 is 1.21 bits per heavy atom. The highest BCUT2D eigenvalue weighted by Crippen LogP contribution is 2.30. The molecule has 0 radical (unpaired) electrons. The maximum Gasteiger partial charge on any atom is 0.313 e. The molecule has 1 aromatic rings. The van der Waals surface area contributed by atoms with Gasteiger partial charge in [0, 0.05) is 12.5 Å². The maximum atomic E-state index is 11.7. The van der Waals surface area contributed by atoms with Crippen molar-refractivity contribution in [1.82, 2.24) is 0 Å². The third-order valence-corrected chi connectivity index (χ3v) is 4.23. The smallest absolute Gasteiger partial charge is 0.313 e. The lowest BCUT2D eigenvalue weighted by Crippen LogP contribution is -2.09. The molecule has 0 spiro atoms. The highest BCUT2D eigenvalue weighted by Gasteiger charge is 2.22. The van der Waals surface area contributed by atoms with Gasteiger partial charge in [0.2, 0.25) is 5.75 Å². The number of rotatable bonds is 10. The molecule has 0 aliphatic rings. The lowest BCUT2D eigenvalue weighted by atomic mass is 10.1. The fourth-order valence-corrected chi connectivity index (χ4v) is 2.61. The van der Waals surface area contributed by atoms with Crippen LogP contribution in [0.5, 0.6) is 5.75 Å². The Hall–Kier alpha value is -2.00. The zero-order valence-electron chi connectivity index (χ0n) is 13.4. The van der Waals surface area contributed by atoms with E-state index in [0.29, 0.717) is 12.5 Å². The number of hydrogen-bond acceptors (Lipinski definition) is 6. The molecule has 0 aliphatic heterocycles. The van der Waals surface area contributed by atoms with Gasteiger partial charge in [0.25, 0.3) is 10.1 Å². The molecule has 134 valence electrons. The third kappa shape index (κ3) is 6.63. The minimum Gasteiger partial charge on any atom is -0.419 e. The number of nitro groups is 1. The van der Waals surface area contributed by atoms with Gasteiger partial charge >= 0.3 is 11.7 Å². The van der Waals surface area contributed by atoms with Crippen molar-refractivity contribution >= 4 is 21.8 Å². The summed E-state index contributed by atoms with van der Waals surface area (Å²) in [7, 11) is -4.57. The van der Waals surface area contributed by atoms with Crippen molar-refractivity contribution in [3.05, 3.63) is 28.3 Å². The van der Waals surface area contributed by atoms with Gasteiger partial charge in [0.15, 0.2) is 0 Å². The topological polar surface area (TPSA) is 124 Å². The minimum atomic E-state index is -4.57. The number of unbranched alkanes of at least 4 members (excludes halogenated alkanes) is 5. The molecule has 0 bridgehead atoms. The molecule has 8 nitrogen and oxygen atoms in total. The molecule has 0 aliphatic carbocycles. The van der Waals surface area contributed by atoms with Crippen molar-refractivity contribution in [3.8, 4) is 5.75 Å². The van der Waals surface area contributed by atoms with Crippen molar-refractivity contribution in [2.24, 2.45) is 0 Å². The average molecular weight is 359 g/mol. The minimum absolute atomic E-state index is 0.128. The number of ether oxygens (including phenoxy) is 1. The molecule has 0 saturated heterocycles. The normalized spacial score (nSPS) is 11.2. The van der Waals surface area contributed by atoms with E-state index in [1.54, 1.807) is 0 Å². The van der Waals surface area contributed by atoms with Crippen molar-refractivity contribution in [1.29, 1.82) is 0 Å². The second-order valence-corrected chi connectivity index (χ2v) is 6.78. The van der Waals surface area contributed by atoms with Crippen molar-refractivity contribution in [2.75, 3.05) is 0 Å². The Kier molecular flexibility index (Phi) is 7.80. The summed E-state index contributed by atoms with van der Waals surface area (Å²) in [5.41, 5.74) is -0.693. The Balaban J connectivity index is 2.66. The van der Waals surface area contributed by atoms with Gasteiger partial charge < -0.3 is 4.74 Å². The van der Waals surface area contributed by atoms with Crippen LogP contribution in [-0.2, 0) is 14.9 Å². The van der Waals surface area contributed by atoms with E-state index in [4.69, 9.17) is 9.29 Å². The summed E-state index contributed by atoms with van der Waals surface area (Å²) in [4.78, 5) is 21.2. The first-order chi connectivity index (χ1) is 11.3. The molecular weight excluding hydrogens is 338 g/mol. The second-order valence-electron chi connectivity index (χ2n) is 5.35. The quantitative estimate of drug-likeness (QED) is 0.169. The monoisotopic (exact) mass is 359 g/mol. The van der Waals surface area contributed by atoms with E-state index in [9.17, 15) is 23.3 Å². The first-order valence-electron chi connectivity index (χ1n) is 7.72. The average Bonchev–Trinajstić information content (AvgIpc) is 2.49. The molecule has 0 fully saturated rings. The van der Waals surface area contributed by atoms with Gasteiger partial charge in [-0.05, 0) is 18.6 Å². The predicted octanol–water partition coefficient (Wildman–Crippen LogP) is 3.50. The van der Waals surface area contributed by atoms with Gasteiger partial charge in [-0.1, -0.05) is 39.0 Å². The van der Waals surface area contributed by atoms with Crippen LogP contribution in [0.2, 0.25) is 0 Å². The lowest BCUT2D eigenvalue weighted by molar-refractivity contribution is -0.385. The highest BCUT2D eigenvalue weighted by atomic mass is 32.2. The third-order valence-electron chi connectivity index (χ3n) is 3.38. The van der Waals surface area contributed by atoms with Crippen LogP contribution >= 0.6 is 0 Å². The fourth-order valence-electron chi connectivity index (χ4n) is 2.11. The lowest BCUT2D eigenvalue weighted by Gasteiger charge is -2.06. The highest BCUT2D eigenvalue weighted by molar-refractivity contribution is 7.85. The Bertz CT molecular complexity index is 685. The number of esters is 1. The standard InChI is InChI=1S/C15H21NO7S/c1-2-3-4-5-6-7-8-15(17)23-14-10-9-12(24(20,21)22)11-13(14)16(18)19/h9-11H,2-8H2,1H3,(H,20,21,22). The van der Waals surface area contributed by atoms with Crippen LogP contribution in [0.1, 0.15) is 51.9 Å². The summed E-state index contributed by atoms with van der Waals surface area (Å²) >= 11 is 0. The second kappa shape index (κ2) is 9.33. The molecule has 1 aromatic carbocycles. The van der Waals surface area contributed by atoms with E-state index in [1.807, 2.05) is 0 Å². The van der Waals surface area contributed by atoms with Gasteiger partial charge in [-0.2, -0.15) is 8.42 Å². The van der Waals surface area contributed by atoms with Crippen LogP contribution in [0.15, 0.2) is 23.1 Å². The molecule has 1 rings (SSSR count). The molecule has 0 amide bonds. The Labute approximate surface area is 140 Å². The van der Waals surface area contributed by atoms with Crippen LogP contribution < -0.4 is 4.74 Å². The van der Waals surface area contributed by atoms with E-state index in [-0.39, 0.29) is 12.2 Å². The summed E-state index contributed by atoms with van der Waals surface area (Å²) < 4.78 is 35.9. The Morgan fingerprint density at radius 2 is 1.83 bits per heavy atom. The zero-order chi connectivity index (χ0) is 18.2. The number of carbonyl (C=O) groups excluding carboxylic acids is 1. The molecule has 9 heteroatoms. The number of nitrogens with zero attached hydrogens (tertiary/aromatic N) is 1.